The summed E-state index contributed by atoms with van der Waals surface area (Å²) >= 11 is 0. The molecule has 0 N–H and O–H groups in total. The number of carbonyl (C=O) groups excluding carboxylic acids is 2. The van der Waals surface area contributed by atoms with E-state index >= 15 is 0 Å². The third kappa shape index (κ3) is 2.97. The molecule has 4 heteroatoms. The van der Waals surface area contributed by atoms with E-state index in [0.717, 1.165) is 11.3 Å². The van der Waals surface area contributed by atoms with Gasteiger partial charge in [-0.05, 0) is 24.1 Å². The molecule has 0 spiro atoms. The van der Waals surface area contributed by atoms with Crippen molar-refractivity contribution in [2.45, 2.75) is 20.0 Å². The third-order valence-corrected chi connectivity index (χ3v) is 3.78. The van der Waals surface area contributed by atoms with Gasteiger partial charge in [0.25, 0.3) is 5.91 Å². The summed E-state index contributed by atoms with van der Waals surface area (Å²) in [6, 6.07) is 16.2. The van der Waals surface area contributed by atoms with Crippen molar-refractivity contribution < 1.29 is 14.3 Å². The van der Waals surface area contributed by atoms with Crippen molar-refractivity contribution in [1.29, 1.82) is 0 Å². The number of hydrogen-bond donors (Lipinski definition) is 0. The van der Waals surface area contributed by atoms with E-state index in [4.69, 9.17) is 4.74 Å². The van der Waals surface area contributed by atoms with Crippen LogP contribution in [0, 0.1) is 5.92 Å². The van der Waals surface area contributed by atoms with Crippen molar-refractivity contribution in [3.63, 3.8) is 0 Å². The molecule has 1 aliphatic heterocycles. The highest BCUT2D eigenvalue weighted by molar-refractivity contribution is 6.05. The van der Waals surface area contributed by atoms with Gasteiger partial charge in [0.15, 0.2) is 0 Å². The molecule has 0 aliphatic carbocycles. The monoisotopic (exact) mass is 309 g/mol. The number of amides is 1. The van der Waals surface area contributed by atoms with Crippen molar-refractivity contribution in [1.82, 2.24) is 0 Å². The average molecular weight is 309 g/mol. The fourth-order valence-corrected chi connectivity index (χ4v) is 2.77. The molecule has 0 radical (unpaired) electrons. The summed E-state index contributed by atoms with van der Waals surface area (Å²) in [6.45, 7) is 4.72. The molecular formula is C19H19NO3. The molecule has 1 atom stereocenters. The summed E-state index contributed by atoms with van der Waals surface area (Å²) in [5, 5.41) is 0. The zero-order valence-electron chi connectivity index (χ0n) is 13.2. The number of ether oxygens (including phenoxy) is 1. The van der Waals surface area contributed by atoms with Crippen LogP contribution in [0.3, 0.4) is 0 Å². The molecule has 0 bridgehead atoms. The molecule has 118 valence electrons. The second kappa shape index (κ2) is 6.24. The van der Waals surface area contributed by atoms with Gasteiger partial charge in [-0.25, -0.2) is 4.79 Å². The molecule has 1 aliphatic rings. The highest BCUT2D eigenvalue weighted by Crippen LogP contribution is 2.38. The Bertz CT molecular complexity index is 724. The zero-order valence-corrected chi connectivity index (χ0v) is 13.2. The van der Waals surface area contributed by atoms with E-state index in [1.54, 1.807) is 29.2 Å². The van der Waals surface area contributed by atoms with Crippen molar-refractivity contribution >= 4 is 17.6 Å². The number of anilines is 1. The van der Waals surface area contributed by atoms with Crippen molar-refractivity contribution in [3.05, 3.63) is 65.7 Å². The maximum atomic E-state index is 12.7. The van der Waals surface area contributed by atoms with Crippen molar-refractivity contribution in [3.8, 4) is 0 Å². The number of esters is 1. The maximum Gasteiger partial charge on any atom is 0.339 e. The number of hydrogen-bond acceptors (Lipinski definition) is 3. The van der Waals surface area contributed by atoms with Crippen LogP contribution in [0.5, 0.6) is 0 Å². The summed E-state index contributed by atoms with van der Waals surface area (Å²) in [7, 11) is 0. The number of para-hydroxylation sites is 1. The van der Waals surface area contributed by atoms with Gasteiger partial charge in [-0.3, -0.25) is 4.79 Å². The lowest BCUT2D eigenvalue weighted by Crippen LogP contribution is -2.33. The molecule has 1 unspecified atom stereocenters. The van der Waals surface area contributed by atoms with E-state index in [1.165, 1.54) is 0 Å². The van der Waals surface area contributed by atoms with Gasteiger partial charge in [-0.1, -0.05) is 50.2 Å². The Kier molecular flexibility index (Phi) is 4.15. The standard InChI is InChI=1S/C19H19NO3/c1-13(2)12-20-16-11-7-6-10-15(16)17(18(20)21)23-19(22)14-8-4-3-5-9-14/h3-11,13,17H,12H2,1-2H3. The van der Waals surface area contributed by atoms with Gasteiger partial charge in [-0.15, -0.1) is 0 Å². The molecule has 2 aromatic carbocycles. The quantitative estimate of drug-likeness (QED) is 0.811. The Hall–Kier alpha value is -2.62. The van der Waals surface area contributed by atoms with Gasteiger partial charge in [0, 0.05) is 12.1 Å². The van der Waals surface area contributed by atoms with E-state index < -0.39 is 12.1 Å². The second-order valence-corrected chi connectivity index (χ2v) is 6.05. The number of fused-ring (bicyclic) bond motifs is 1. The normalized spacial score (nSPS) is 16.6. The number of benzene rings is 2. The minimum atomic E-state index is -0.863. The lowest BCUT2D eigenvalue weighted by Gasteiger charge is -2.20. The fraction of sp³-hybridized carbons (Fsp3) is 0.263. The first-order chi connectivity index (χ1) is 11.1. The molecule has 4 nitrogen and oxygen atoms in total. The fourth-order valence-electron chi connectivity index (χ4n) is 2.77. The molecule has 1 amide bonds. The Labute approximate surface area is 135 Å². The predicted octanol–water partition coefficient (Wildman–Crippen LogP) is 3.59. The van der Waals surface area contributed by atoms with Gasteiger partial charge >= 0.3 is 5.97 Å². The van der Waals surface area contributed by atoms with Crippen molar-refractivity contribution in [2.24, 2.45) is 5.92 Å². The van der Waals surface area contributed by atoms with Gasteiger partial charge in [0.05, 0.1) is 11.3 Å². The number of rotatable bonds is 4. The number of nitrogens with zero attached hydrogens (tertiary/aromatic N) is 1. The highest BCUT2D eigenvalue weighted by atomic mass is 16.5. The smallest absolute Gasteiger partial charge is 0.339 e. The van der Waals surface area contributed by atoms with E-state index in [0.29, 0.717) is 18.0 Å². The van der Waals surface area contributed by atoms with Crippen LogP contribution < -0.4 is 4.90 Å². The van der Waals surface area contributed by atoms with Crippen LogP contribution in [-0.2, 0) is 9.53 Å². The molecule has 0 fully saturated rings. The lowest BCUT2D eigenvalue weighted by atomic mass is 10.1. The van der Waals surface area contributed by atoms with Gasteiger partial charge in [0.1, 0.15) is 0 Å². The first-order valence-electron chi connectivity index (χ1n) is 7.74. The number of carbonyl (C=O) groups is 2. The largest absolute Gasteiger partial charge is 0.444 e. The Balaban J connectivity index is 1.88. The summed E-state index contributed by atoms with van der Waals surface area (Å²) in [6.07, 6.45) is -0.863. The van der Waals surface area contributed by atoms with Crippen LogP contribution in [0.15, 0.2) is 54.6 Å². The van der Waals surface area contributed by atoms with E-state index in [-0.39, 0.29) is 5.91 Å². The van der Waals surface area contributed by atoms with E-state index in [2.05, 4.69) is 13.8 Å². The predicted molar refractivity (Wildman–Crippen MR) is 88.2 cm³/mol. The summed E-state index contributed by atoms with van der Waals surface area (Å²) in [5.74, 6) is -0.329. The summed E-state index contributed by atoms with van der Waals surface area (Å²) in [4.78, 5) is 26.7. The molecule has 23 heavy (non-hydrogen) atoms. The lowest BCUT2D eigenvalue weighted by molar-refractivity contribution is -0.126. The Morgan fingerprint density at radius 1 is 1.09 bits per heavy atom. The molecule has 3 rings (SSSR count). The van der Waals surface area contributed by atoms with Crippen LogP contribution in [-0.4, -0.2) is 18.4 Å². The van der Waals surface area contributed by atoms with E-state index in [1.807, 2.05) is 30.3 Å². The Morgan fingerprint density at radius 2 is 1.74 bits per heavy atom. The van der Waals surface area contributed by atoms with Gasteiger partial charge < -0.3 is 9.64 Å². The molecule has 0 aromatic heterocycles. The third-order valence-electron chi connectivity index (χ3n) is 3.78. The SMILES string of the molecule is CC(C)CN1C(=O)C(OC(=O)c2ccccc2)c2ccccc21. The average Bonchev–Trinajstić information content (AvgIpc) is 2.81. The highest BCUT2D eigenvalue weighted by Gasteiger charge is 2.39. The van der Waals surface area contributed by atoms with Gasteiger partial charge in [0.2, 0.25) is 6.10 Å². The summed E-state index contributed by atoms with van der Waals surface area (Å²) in [5.41, 5.74) is 2.03. The minimum absolute atomic E-state index is 0.177. The van der Waals surface area contributed by atoms with Crippen LogP contribution in [0.25, 0.3) is 0 Å². The van der Waals surface area contributed by atoms with Crippen LogP contribution in [0.2, 0.25) is 0 Å². The van der Waals surface area contributed by atoms with Crippen LogP contribution >= 0.6 is 0 Å². The minimum Gasteiger partial charge on any atom is -0.444 e. The van der Waals surface area contributed by atoms with Crippen LogP contribution in [0.4, 0.5) is 5.69 Å². The summed E-state index contributed by atoms with van der Waals surface area (Å²) < 4.78 is 5.52. The Morgan fingerprint density at radius 3 is 2.43 bits per heavy atom. The van der Waals surface area contributed by atoms with Crippen LogP contribution in [0.1, 0.15) is 35.9 Å². The van der Waals surface area contributed by atoms with E-state index in [9.17, 15) is 9.59 Å². The zero-order chi connectivity index (χ0) is 16.4. The molecule has 2 aromatic rings. The first-order valence-corrected chi connectivity index (χ1v) is 7.74. The molecule has 1 heterocycles. The molecule has 0 saturated heterocycles. The maximum absolute atomic E-state index is 12.7. The topological polar surface area (TPSA) is 46.6 Å². The van der Waals surface area contributed by atoms with Gasteiger partial charge in [-0.2, -0.15) is 0 Å². The molecule has 0 saturated carbocycles. The second-order valence-electron chi connectivity index (χ2n) is 6.05. The first kappa shape index (κ1) is 15.3. The molecular weight excluding hydrogens is 290 g/mol. The van der Waals surface area contributed by atoms with Crippen molar-refractivity contribution in [2.75, 3.05) is 11.4 Å².